The molecule has 0 saturated heterocycles. The van der Waals surface area contributed by atoms with Crippen LogP contribution in [0.2, 0.25) is 5.02 Å². The molecule has 11 heteroatoms. The highest BCUT2D eigenvalue weighted by molar-refractivity contribution is 9.10. The standard InChI is InChI=1S/C23H19BrClN3O4S2/c1-32-12-11-28-20-10-5-16(24)14-21(20)33-23(28)26-22(29)15-3-2-4-18(13-15)27-34(30,31)19-8-6-17(25)7-9-19/h2-10,13-14,27H,11-12H2,1H3. The lowest BCUT2D eigenvalue weighted by molar-refractivity contribution is 0.0997. The van der Waals surface area contributed by atoms with Crippen LogP contribution >= 0.6 is 38.9 Å². The minimum atomic E-state index is -3.84. The summed E-state index contributed by atoms with van der Waals surface area (Å²) in [6.07, 6.45) is 0. The average molecular weight is 581 g/mol. The molecule has 0 atom stereocenters. The second-order valence-electron chi connectivity index (χ2n) is 7.20. The number of carbonyl (C=O) groups excluding carboxylic acids is 1. The van der Waals surface area contributed by atoms with Gasteiger partial charge in [0.05, 0.1) is 21.7 Å². The van der Waals surface area contributed by atoms with Crippen LogP contribution in [0.5, 0.6) is 0 Å². The van der Waals surface area contributed by atoms with Crippen molar-refractivity contribution in [2.45, 2.75) is 11.4 Å². The summed E-state index contributed by atoms with van der Waals surface area (Å²) in [6, 6.07) is 17.9. The summed E-state index contributed by atoms with van der Waals surface area (Å²) in [5, 5.41) is 0.435. The molecule has 1 amide bonds. The topological polar surface area (TPSA) is 89.8 Å². The van der Waals surface area contributed by atoms with Crippen LogP contribution in [0.4, 0.5) is 5.69 Å². The zero-order valence-electron chi connectivity index (χ0n) is 17.9. The van der Waals surface area contributed by atoms with E-state index in [0.717, 1.165) is 14.7 Å². The van der Waals surface area contributed by atoms with Crippen molar-refractivity contribution in [1.29, 1.82) is 0 Å². The lowest BCUT2D eigenvalue weighted by Gasteiger charge is -2.09. The van der Waals surface area contributed by atoms with Gasteiger partial charge in [0.2, 0.25) is 0 Å². The lowest BCUT2D eigenvalue weighted by Crippen LogP contribution is -2.19. The molecular weight excluding hydrogens is 562 g/mol. The Kier molecular flexibility index (Phi) is 7.54. The molecule has 34 heavy (non-hydrogen) atoms. The van der Waals surface area contributed by atoms with Gasteiger partial charge in [0.1, 0.15) is 0 Å². The Hall–Kier alpha value is -2.50. The fourth-order valence-corrected chi connectivity index (χ4v) is 6.01. The van der Waals surface area contributed by atoms with Crippen LogP contribution in [0.3, 0.4) is 0 Å². The molecule has 1 N–H and O–H groups in total. The van der Waals surface area contributed by atoms with Crippen LogP contribution in [-0.2, 0) is 21.3 Å². The van der Waals surface area contributed by atoms with Crippen molar-refractivity contribution in [2.24, 2.45) is 4.99 Å². The first-order valence-electron chi connectivity index (χ1n) is 10.0. The van der Waals surface area contributed by atoms with Gasteiger partial charge in [-0.25, -0.2) is 8.42 Å². The van der Waals surface area contributed by atoms with Gasteiger partial charge in [0.15, 0.2) is 4.80 Å². The zero-order chi connectivity index (χ0) is 24.3. The van der Waals surface area contributed by atoms with Gasteiger partial charge in [-0.15, -0.1) is 0 Å². The molecule has 4 aromatic rings. The predicted octanol–water partition coefficient (Wildman–Crippen LogP) is 5.31. The molecule has 1 heterocycles. The number of fused-ring (bicyclic) bond motifs is 1. The second kappa shape index (κ2) is 10.4. The van der Waals surface area contributed by atoms with Crippen molar-refractivity contribution in [3.8, 4) is 0 Å². The molecule has 0 fully saturated rings. The van der Waals surface area contributed by atoms with Gasteiger partial charge in [-0.3, -0.25) is 9.52 Å². The van der Waals surface area contributed by atoms with E-state index in [-0.39, 0.29) is 16.1 Å². The van der Waals surface area contributed by atoms with Crippen molar-refractivity contribution < 1.29 is 17.9 Å². The number of rotatable bonds is 7. The number of nitrogens with one attached hydrogen (secondary N) is 1. The van der Waals surface area contributed by atoms with E-state index in [4.69, 9.17) is 16.3 Å². The van der Waals surface area contributed by atoms with Gasteiger partial charge in [0, 0.05) is 34.4 Å². The number of halogens is 2. The molecule has 0 saturated carbocycles. The molecular formula is C23H19BrClN3O4S2. The maximum Gasteiger partial charge on any atom is 0.279 e. The Balaban J connectivity index is 1.66. The average Bonchev–Trinajstić information content (AvgIpc) is 3.13. The fourth-order valence-electron chi connectivity index (χ4n) is 3.23. The number of sulfonamides is 1. The summed E-state index contributed by atoms with van der Waals surface area (Å²) in [6.45, 7) is 0.996. The van der Waals surface area contributed by atoms with E-state index in [1.54, 1.807) is 25.3 Å². The minimum Gasteiger partial charge on any atom is -0.383 e. The summed E-state index contributed by atoms with van der Waals surface area (Å²) in [4.78, 5) is 17.9. The highest BCUT2D eigenvalue weighted by atomic mass is 79.9. The van der Waals surface area contributed by atoms with Crippen molar-refractivity contribution in [3.63, 3.8) is 0 Å². The number of hydrogen-bond acceptors (Lipinski definition) is 5. The smallest absolute Gasteiger partial charge is 0.279 e. The molecule has 0 radical (unpaired) electrons. The molecule has 0 unspecified atom stereocenters. The van der Waals surface area contributed by atoms with Gasteiger partial charge < -0.3 is 9.30 Å². The van der Waals surface area contributed by atoms with Crippen LogP contribution in [-0.4, -0.2) is 32.6 Å². The number of thiazole rings is 1. The number of carbonyl (C=O) groups is 1. The quantitative estimate of drug-likeness (QED) is 0.321. The number of methoxy groups -OCH3 is 1. The van der Waals surface area contributed by atoms with Crippen molar-refractivity contribution in [1.82, 2.24) is 4.57 Å². The normalized spacial score (nSPS) is 12.3. The van der Waals surface area contributed by atoms with E-state index < -0.39 is 15.9 Å². The fraction of sp³-hybridized carbons (Fsp3) is 0.130. The summed E-state index contributed by atoms with van der Waals surface area (Å²) in [7, 11) is -2.23. The first kappa shape index (κ1) is 24.6. The zero-order valence-corrected chi connectivity index (χ0v) is 21.8. The Morgan fingerprint density at radius 2 is 1.91 bits per heavy atom. The first-order valence-corrected chi connectivity index (χ1v) is 13.5. The van der Waals surface area contributed by atoms with E-state index in [1.165, 1.54) is 41.7 Å². The van der Waals surface area contributed by atoms with Crippen LogP contribution in [0.15, 0.2) is 81.1 Å². The van der Waals surface area contributed by atoms with Gasteiger partial charge in [0.25, 0.3) is 15.9 Å². The number of benzene rings is 3. The van der Waals surface area contributed by atoms with Gasteiger partial charge >= 0.3 is 0 Å². The van der Waals surface area contributed by atoms with Crippen LogP contribution in [0.25, 0.3) is 10.2 Å². The Bertz CT molecular complexity index is 1530. The molecule has 0 aliphatic heterocycles. The lowest BCUT2D eigenvalue weighted by atomic mass is 10.2. The monoisotopic (exact) mass is 579 g/mol. The molecule has 0 bridgehead atoms. The largest absolute Gasteiger partial charge is 0.383 e. The summed E-state index contributed by atoms with van der Waals surface area (Å²) >= 11 is 10.7. The van der Waals surface area contributed by atoms with Crippen LogP contribution in [0, 0.1) is 0 Å². The maximum absolute atomic E-state index is 13.0. The Morgan fingerprint density at radius 3 is 2.65 bits per heavy atom. The number of anilines is 1. The number of amides is 1. The second-order valence-corrected chi connectivity index (χ2v) is 11.2. The summed E-state index contributed by atoms with van der Waals surface area (Å²) < 4.78 is 36.9. The number of hydrogen-bond donors (Lipinski definition) is 1. The summed E-state index contributed by atoms with van der Waals surface area (Å²) in [5.74, 6) is -0.482. The number of ether oxygens (including phenoxy) is 1. The molecule has 0 aliphatic rings. The molecule has 7 nitrogen and oxygen atoms in total. The van der Waals surface area contributed by atoms with Crippen molar-refractivity contribution >= 4 is 70.7 Å². The van der Waals surface area contributed by atoms with Crippen molar-refractivity contribution in [3.05, 3.63) is 86.6 Å². The first-order chi connectivity index (χ1) is 16.3. The third-order valence-electron chi connectivity index (χ3n) is 4.85. The third-order valence-corrected chi connectivity index (χ3v) is 8.03. The van der Waals surface area contributed by atoms with E-state index in [9.17, 15) is 13.2 Å². The SMILES string of the molecule is COCCn1c(=NC(=O)c2cccc(NS(=O)(=O)c3ccc(Cl)cc3)c2)sc2cc(Br)ccc21. The Morgan fingerprint density at radius 1 is 1.15 bits per heavy atom. The molecule has 1 aromatic heterocycles. The van der Waals surface area contributed by atoms with E-state index in [2.05, 4.69) is 25.6 Å². The van der Waals surface area contributed by atoms with Gasteiger partial charge in [-0.1, -0.05) is 44.9 Å². The molecule has 0 spiro atoms. The number of aromatic nitrogens is 1. The molecule has 0 aliphatic carbocycles. The predicted molar refractivity (Wildman–Crippen MR) is 138 cm³/mol. The Labute approximate surface area is 213 Å². The van der Waals surface area contributed by atoms with Gasteiger partial charge in [-0.2, -0.15) is 4.99 Å². The maximum atomic E-state index is 13.0. The van der Waals surface area contributed by atoms with Crippen LogP contribution in [0.1, 0.15) is 10.4 Å². The van der Waals surface area contributed by atoms with E-state index in [0.29, 0.717) is 23.0 Å². The number of nitrogens with zero attached hydrogens (tertiary/aromatic N) is 2. The molecule has 3 aromatic carbocycles. The van der Waals surface area contributed by atoms with E-state index in [1.807, 2.05) is 22.8 Å². The summed E-state index contributed by atoms with van der Waals surface area (Å²) in [5.41, 5.74) is 1.46. The molecule has 4 rings (SSSR count). The third kappa shape index (κ3) is 5.59. The van der Waals surface area contributed by atoms with E-state index >= 15 is 0 Å². The highest BCUT2D eigenvalue weighted by Crippen LogP contribution is 2.23. The van der Waals surface area contributed by atoms with Crippen LogP contribution < -0.4 is 9.52 Å². The van der Waals surface area contributed by atoms with Crippen molar-refractivity contribution in [2.75, 3.05) is 18.4 Å². The molecule has 176 valence electrons. The highest BCUT2D eigenvalue weighted by Gasteiger charge is 2.15. The van der Waals surface area contributed by atoms with Gasteiger partial charge in [-0.05, 0) is 60.7 Å². The minimum absolute atomic E-state index is 0.0638.